The smallest absolute Gasteiger partial charge is 0.321 e. The van der Waals surface area contributed by atoms with E-state index in [0.29, 0.717) is 13.1 Å². The van der Waals surface area contributed by atoms with Gasteiger partial charge in [-0.25, -0.2) is 9.59 Å². The van der Waals surface area contributed by atoms with Gasteiger partial charge in [0.15, 0.2) is 0 Å². The van der Waals surface area contributed by atoms with Gasteiger partial charge in [-0.05, 0) is 91.2 Å². The number of nitrogens with one attached hydrogen (secondary N) is 10. The fourth-order valence-corrected chi connectivity index (χ4v) is 6.91. The average molecular weight is 711 g/mol. The Morgan fingerprint density at radius 1 is 0.692 bits per heavy atom. The van der Waals surface area contributed by atoms with Gasteiger partial charge in [0.1, 0.15) is 12.6 Å². The van der Waals surface area contributed by atoms with Crippen LogP contribution < -0.4 is 58.9 Å². The highest BCUT2D eigenvalue weighted by Crippen LogP contribution is 2.22. The number of carbonyl (C=O) groups is 2. The highest BCUT2D eigenvalue weighted by atomic mass is 16.2. The Balaban J connectivity index is 0.940. The van der Waals surface area contributed by atoms with Crippen molar-refractivity contribution >= 4 is 45.0 Å². The van der Waals surface area contributed by atoms with E-state index in [0.717, 1.165) is 65.4 Å². The van der Waals surface area contributed by atoms with Crippen LogP contribution >= 0.6 is 0 Å². The van der Waals surface area contributed by atoms with Crippen molar-refractivity contribution in [1.29, 1.82) is 0 Å². The third-order valence-electron chi connectivity index (χ3n) is 9.41. The van der Waals surface area contributed by atoms with E-state index in [4.69, 9.17) is 5.73 Å². The zero-order valence-electron chi connectivity index (χ0n) is 30.3. The number of rotatable bonds is 13. The molecule has 12 N–H and O–H groups in total. The van der Waals surface area contributed by atoms with E-state index in [1.54, 1.807) is 0 Å². The molecule has 4 aromatic carbocycles. The Morgan fingerprint density at radius 3 is 1.85 bits per heavy atom. The molecule has 0 aliphatic carbocycles. The summed E-state index contributed by atoms with van der Waals surface area (Å²) in [5.74, 6) is 0. The number of fused-ring (bicyclic) bond motifs is 2. The molecule has 6 atom stereocenters. The summed E-state index contributed by atoms with van der Waals surface area (Å²) < 4.78 is 0. The minimum atomic E-state index is -0.372. The summed E-state index contributed by atoms with van der Waals surface area (Å²) in [4.78, 5) is 28.0. The van der Waals surface area contributed by atoms with Crippen molar-refractivity contribution in [3.8, 4) is 0 Å². The van der Waals surface area contributed by atoms with Crippen molar-refractivity contribution in [3.05, 3.63) is 84.4 Å². The van der Waals surface area contributed by atoms with Gasteiger partial charge in [-0.1, -0.05) is 48.5 Å². The minimum absolute atomic E-state index is 0.0433. The Bertz CT molecular complexity index is 1810. The molecule has 0 spiro atoms. The normalized spacial score (nSPS) is 23.4. The molecule has 52 heavy (non-hydrogen) atoms. The lowest BCUT2D eigenvalue weighted by molar-refractivity contribution is 0.189. The van der Waals surface area contributed by atoms with Crippen LogP contribution in [0.2, 0.25) is 0 Å². The van der Waals surface area contributed by atoms with Crippen LogP contribution in [0.1, 0.15) is 32.3 Å². The third kappa shape index (κ3) is 10.8. The number of anilines is 2. The molecule has 4 amide bonds. The molecule has 6 rings (SSSR count). The fourth-order valence-electron chi connectivity index (χ4n) is 6.91. The van der Waals surface area contributed by atoms with Crippen LogP contribution in [0.4, 0.5) is 21.0 Å². The number of hydrogen-bond acceptors (Lipinski definition) is 10. The van der Waals surface area contributed by atoms with Crippen LogP contribution in [-0.4, -0.2) is 87.2 Å². The van der Waals surface area contributed by atoms with Gasteiger partial charge in [-0.2, -0.15) is 0 Å². The molecular weight excluding hydrogens is 656 g/mol. The first-order valence-electron chi connectivity index (χ1n) is 18.3. The van der Waals surface area contributed by atoms with Crippen molar-refractivity contribution in [2.75, 3.05) is 43.9 Å². The molecule has 2 saturated heterocycles. The predicted octanol–water partition coefficient (Wildman–Crippen LogP) is 2.67. The molecule has 2 aliphatic heterocycles. The summed E-state index contributed by atoms with van der Waals surface area (Å²) >= 11 is 0. The molecule has 2 fully saturated rings. The van der Waals surface area contributed by atoms with Crippen LogP contribution in [0.15, 0.2) is 78.9 Å². The number of nitrogens with zero attached hydrogens (tertiary/aromatic N) is 1. The molecule has 6 unspecified atom stereocenters. The highest BCUT2D eigenvalue weighted by molar-refractivity contribution is 5.94. The van der Waals surface area contributed by atoms with Gasteiger partial charge < -0.3 is 42.5 Å². The lowest BCUT2D eigenvalue weighted by Crippen LogP contribution is -2.68. The number of nitrogens with two attached hydrogens (primary N) is 1. The molecule has 2 aliphatic rings. The standard InChI is InChI=1S/C38H54N12O2/c1-24-18-33(40-15-14-39)46-35(42-24)48-38(52)45-32-13-11-28-9-8-26(20-30(28)22-32)23-50(3)17-16-41-34-19-25(2)43-36(47-34)49-37(51)44-31-12-10-27-6-4-5-7-29(27)21-31/h4-13,20-22,24-25,33-36,40-43,46-47H,14-19,23,39H2,1-3H3,(H2,44,49,51)(H2,45,48,52). The second-order valence-electron chi connectivity index (χ2n) is 14.0. The first kappa shape index (κ1) is 37.4. The molecule has 2 heterocycles. The summed E-state index contributed by atoms with van der Waals surface area (Å²) in [6.45, 7) is 7.87. The van der Waals surface area contributed by atoms with Gasteiger partial charge in [0, 0.05) is 56.2 Å². The van der Waals surface area contributed by atoms with E-state index in [1.807, 2.05) is 54.6 Å². The second-order valence-corrected chi connectivity index (χ2v) is 14.0. The molecule has 4 aromatic rings. The summed E-state index contributed by atoms with van der Waals surface area (Å²) in [5, 5.41) is 36.9. The Hall–Kier alpha value is -4.38. The molecule has 14 nitrogen and oxygen atoms in total. The maximum Gasteiger partial charge on any atom is 0.321 e. The number of likely N-dealkylation sites (N-methyl/N-ethyl adjacent to an activating group) is 1. The van der Waals surface area contributed by atoms with Gasteiger partial charge in [0.05, 0.1) is 12.3 Å². The molecule has 0 saturated carbocycles. The van der Waals surface area contributed by atoms with Crippen LogP contribution in [0.3, 0.4) is 0 Å². The Labute approximate surface area is 305 Å². The molecule has 0 aromatic heterocycles. The maximum absolute atomic E-state index is 12.9. The van der Waals surface area contributed by atoms with E-state index in [2.05, 4.69) is 103 Å². The van der Waals surface area contributed by atoms with Crippen LogP contribution in [0.5, 0.6) is 0 Å². The van der Waals surface area contributed by atoms with Crippen LogP contribution in [-0.2, 0) is 6.54 Å². The van der Waals surface area contributed by atoms with Crippen molar-refractivity contribution in [3.63, 3.8) is 0 Å². The largest absolute Gasteiger partial charge is 0.329 e. The SMILES string of the molecule is CC1CC(NCCN)NC(NC(=O)Nc2ccc3ccc(CN(C)CCNC4CC(C)NC(NC(=O)Nc5ccc6ccccc6c5)N4)cc3c2)N1. The van der Waals surface area contributed by atoms with Crippen molar-refractivity contribution < 1.29 is 9.59 Å². The summed E-state index contributed by atoms with van der Waals surface area (Å²) in [7, 11) is 2.11. The topological polar surface area (TPSA) is 184 Å². The Morgan fingerprint density at radius 2 is 1.23 bits per heavy atom. The summed E-state index contributed by atoms with van der Waals surface area (Å²) in [6.07, 6.45) is 1.15. The predicted molar refractivity (Wildman–Crippen MR) is 209 cm³/mol. The first-order chi connectivity index (χ1) is 25.2. The lowest BCUT2D eigenvalue weighted by Gasteiger charge is -2.37. The average Bonchev–Trinajstić information content (AvgIpc) is 3.10. The van der Waals surface area contributed by atoms with Gasteiger partial charge in [-0.15, -0.1) is 0 Å². The van der Waals surface area contributed by atoms with Crippen molar-refractivity contribution in [2.24, 2.45) is 5.73 Å². The third-order valence-corrected chi connectivity index (χ3v) is 9.41. The van der Waals surface area contributed by atoms with Crippen LogP contribution in [0.25, 0.3) is 21.5 Å². The second kappa shape index (κ2) is 17.9. The molecule has 14 heteroatoms. The fraction of sp³-hybridized carbons (Fsp3) is 0.421. The quantitative estimate of drug-likeness (QED) is 0.0987. The van der Waals surface area contributed by atoms with Crippen molar-refractivity contribution in [1.82, 2.24) is 47.4 Å². The van der Waals surface area contributed by atoms with E-state index in [9.17, 15) is 9.59 Å². The van der Waals surface area contributed by atoms with E-state index >= 15 is 0 Å². The van der Waals surface area contributed by atoms with Gasteiger partial charge in [0.25, 0.3) is 0 Å². The first-order valence-corrected chi connectivity index (χ1v) is 18.3. The summed E-state index contributed by atoms with van der Waals surface area (Å²) in [5.41, 5.74) is 8.30. The van der Waals surface area contributed by atoms with Gasteiger partial charge in [0.2, 0.25) is 0 Å². The monoisotopic (exact) mass is 710 g/mol. The molecule has 0 bridgehead atoms. The number of urea groups is 2. The van der Waals surface area contributed by atoms with Gasteiger partial charge >= 0.3 is 12.1 Å². The zero-order chi connectivity index (χ0) is 36.5. The number of benzene rings is 4. The molecule has 278 valence electrons. The van der Waals surface area contributed by atoms with E-state index in [1.165, 1.54) is 5.56 Å². The number of hydrogen-bond donors (Lipinski definition) is 11. The lowest BCUT2D eigenvalue weighted by atomic mass is 10.1. The highest BCUT2D eigenvalue weighted by Gasteiger charge is 2.27. The summed E-state index contributed by atoms with van der Waals surface area (Å²) in [6, 6.07) is 26.2. The minimum Gasteiger partial charge on any atom is -0.329 e. The van der Waals surface area contributed by atoms with E-state index in [-0.39, 0.29) is 49.1 Å². The van der Waals surface area contributed by atoms with Gasteiger partial charge in [-0.3, -0.25) is 21.3 Å². The van der Waals surface area contributed by atoms with Crippen LogP contribution in [0, 0.1) is 0 Å². The Kier molecular flexibility index (Phi) is 12.9. The van der Waals surface area contributed by atoms with Crippen molar-refractivity contribution in [2.45, 2.75) is 70.2 Å². The van der Waals surface area contributed by atoms with E-state index < -0.39 is 0 Å². The zero-order valence-corrected chi connectivity index (χ0v) is 30.3. The number of carbonyl (C=O) groups excluding carboxylic acids is 2. The molecular formula is C38H54N12O2. The number of amides is 4. The maximum atomic E-state index is 12.9. The molecule has 0 radical (unpaired) electrons.